The molecule has 0 N–H and O–H groups in total. The zero-order chi connectivity index (χ0) is 24.1. The molecule has 0 aromatic carbocycles. The molecular formula is C29H39NO4. The first-order valence-corrected chi connectivity index (χ1v) is 12.4. The van der Waals surface area contributed by atoms with Gasteiger partial charge in [-0.3, -0.25) is 9.78 Å². The van der Waals surface area contributed by atoms with Gasteiger partial charge in [0.15, 0.2) is 6.29 Å². The molecule has 34 heavy (non-hydrogen) atoms. The lowest BCUT2D eigenvalue weighted by molar-refractivity contribution is -0.229. The lowest BCUT2D eigenvalue weighted by atomic mass is 10.2. The number of hydrogen-bond donors (Lipinski definition) is 0. The zero-order valence-electron chi connectivity index (χ0n) is 20.4. The fraction of sp³-hybridized carbons (Fsp3) is 0.448. The number of esters is 1. The highest BCUT2D eigenvalue weighted by Crippen LogP contribution is 2.23. The van der Waals surface area contributed by atoms with Crippen LogP contribution in [0.3, 0.4) is 0 Å². The molecule has 2 heterocycles. The first-order valence-electron chi connectivity index (χ1n) is 12.4. The molecule has 5 nitrogen and oxygen atoms in total. The van der Waals surface area contributed by atoms with Gasteiger partial charge in [-0.1, -0.05) is 73.8 Å². The van der Waals surface area contributed by atoms with E-state index in [1.807, 2.05) is 12.1 Å². The predicted octanol–water partition coefficient (Wildman–Crippen LogP) is 6.96. The number of carbonyl (C=O) groups is 1. The van der Waals surface area contributed by atoms with Crippen molar-refractivity contribution in [2.24, 2.45) is 0 Å². The number of unbranched alkanes of at least 4 members (excludes halogenated alkanes) is 1. The summed E-state index contributed by atoms with van der Waals surface area (Å²) in [5, 5.41) is 0. The van der Waals surface area contributed by atoms with Crippen LogP contribution in [0.25, 0.3) is 0 Å². The van der Waals surface area contributed by atoms with Crippen molar-refractivity contribution in [1.82, 2.24) is 4.98 Å². The summed E-state index contributed by atoms with van der Waals surface area (Å²) in [4.78, 5) is 16.1. The SMILES string of the molecule is CC/C=C\C/C=C\C/C=C\C/C=C\C/C=C\CCCC(=O)OC1COC(c2cccnc2)OC1. The van der Waals surface area contributed by atoms with E-state index >= 15 is 0 Å². The van der Waals surface area contributed by atoms with Crippen molar-refractivity contribution in [1.29, 1.82) is 0 Å². The molecule has 0 amide bonds. The van der Waals surface area contributed by atoms with Crippen LogP contribution in [0.4, 0.5) is 0 Å². The lowest BCUT2D eigenvalue weighted by Crippen LogP contribution is -2.35. The molecule has 1 aliphatic rings. The van der Waals surface area contributed by atoms with Gasteiger partial charge in [-0.05, 0) is 51.0 Å². The number of allylic oxidation sites excluding steroid dienone is 10. The van der Waals surface area contributed by atoms with Crippen molar-refractivity contribution in [2.45, 2.75) is 70.7 Å². The smallest absolute Gasteiger partial charge is 0.306 e. The van der Waals surface area contributed by atoms with E-state index in [4.69, 9.17) is 14.2 Å². The van der Waals surface area contributed by atoms with E-state index in [2.05, 4.69) is 72.7 Å². The topological polar surface area (TPSA) is 57.7 Å². The van der Waals surface area contributed by atoms with Crippen molar-refractivity contribution in [3.05, 3.63) is 90.9 Å². The van der Waals surface area contributed by atoms with Crippen molar-refractivity contribution < 1.29 is 19.0 Å². The molecule has 5 heteroatoms. The van der Waals surface area contributed by atoms with Gasteiger partial charge in [-0.15, -0.1) is 0 Å². The largest absolute Gasteiger partial charge is 0.457 e. The molecule has 0 bridgehead atoms. The second kappa shape index (κ2) is 18.6. The Labute approximate surface area is 204 Å². The Morgan fingerprint density at radius 1 is 0.941 bits per heavy atom. The first kappa shape index (κ1) is 27.5. The van der Waals surface area contributed by atoms with Crippen molar-refractivity contribution in [3.8, 4) is 0 Å². The zero-order valence-corrected chi connectivity index (χ0v) is 20.4. The van der Waals surface area contributed by atoms with Gasteiger partial charge in [-0.2, -0.15) is 0 Å². The molecule has 0 unspecified atom stereocenters. The lowest BCUT2D eigenvalue weighted by Gasteiger charge is -2.29. The summed E-state index contributed by atoms with van der Waals surface area (Å²) >= 11 is 0. The minimum atomic E-state index is -0.445. The molecular weight excluding hydrogens is 426 g/mol. The molecule has 1 saturated heterocycles. The Morgan fingerprint density at radius 2 is 1.53 bits per heavy atom. The van der Waals surface area contributed by atoms with E-state index < -0.39 is 6.29 Å². The van der Waals surface area contributed by atoms with Crippen LogP contribution in [0.15, 0.2) is 85.3 Å². The summed E-state index contributed by atoms with van der Waals surface area (Å²) in [6.45, 7) is 2.82. The van der Waals surface area contributed by atoms with E-state index in [0.717, 1.165) is 50.5 Å². The monoisotopic (exact) mass is 465 g/mol. The van der Waals surface area contributed by atoms with E-state index in [9.17, 15) is 4.79 Å². The van der Waals surface area contributed by atoms with Crippen LogP contribution in [0.5, 0.6) is 0 Å². The van der Waals surface area contributed by atoms with Crippen LogP contribution < -0.4 is 0 Å². The van der Waals surface area contributed by atoms with Crippen molar-refractivity contribution >= 4 is 5.97 Å². The van der Waals surface area contributed by atoms with Gasteiger partial charge in [0.25, 0.3) is 0 Å². The molecule has 0 aliphatic carbocycles. The highest BCUT2D eigenvalue weighted by molar-refractivity contribution is 5.69. The van der Waals surface area contributed by atoms with Gasteiger partial charge in [0.2, 0.25) is 0 Å². The maximum atomic E-state index is 12.0. The third kappa shape index (κ3) is 13.1. The van der Waals surface area contributed by atoms with Gasteiger partial charge < -0.3 is 14.2 Å². The highest BCUT2D eigenvalue weighted by Gasteiger charge is 2.26. The third-order valence-corrected chi connectivity index (χ3v) is 5.03. The maximum Gasteiger partial charge on any atom is 0.306 e. The molecule has 0 radical (unpaired) electrons. The molecule has 0 atom stereocenters. The molecule has 1 fully saturated rings. The highest BCUT2D eigenvalue weighted by atomic mass is 16.7. The summed E-state index contributed by atoms with van der Waals surface area (Å²) in [6.07, 6.45) is 31.4. The van der Waals surface area contributed by atoms with Gasteiger partial charge >= 0.3 is 5.97 Å². The number of ether oxygens (including phenoxy) is 3. The van der Waals surface area contributed by atoms with Crippen molar-refractivity contribution in [2.75, 3.05) is 13.2 Å². The fourth-order valence-electron chi connectivity index (χ4n) is 3.24. The number of pyridine rings is 1. The Morgan fingerprint density at radius 3 is 2.09 bits per heavy atom. The predicted molar refractivity (Wildman–Crippen MR) is 137 cm³/mol. The average molecular weight is 466 g/mol. The minimum absolute atomic E-state index is 0.204. The summed E-state index contributed by atoms with van der Waals surface area (Å²) in [7, 11) is 0. The van der Waals surface area contributed by atoms with Crippen molar-refractivity contribution in [3.63, 3.8) is 0 Å². The summed E-state index contributed by atoms with van der Waals surface area (Å²) < 4.78 is 16.8. The molecule has 1 aliphatic heterocycles. The van der Waals surface area contributed by atoms with Gasteiger partial charge in [0, 0.05) is 24.4 Å². The summed E-state index contributed by atoms with van der Waals surface area (Å²) in [6, 6.07) is 3.74. The number of nitrogens with zero attached hydrogens (tertiary/aromatic N) is 1. The Bertz CT molecular complexity index is 803. The van der Waals surface area contributed by atoms with E-state index in [-0.39, 0.29) is 12.1 Å². The number of rotatable bonds is 15. The number of aromatic nitrogens is 1. The van der Waals surface area contributed by atoms with E-state index in [1.54, 1.807) is 12.4 Å². The van der Waals surface area contributed by atoms with Gasteiger partial charge in [0.05, 0.1) is 13.2 Å². The Balaban J connectivity index is 1.44. The average Bonchev–Trinajstić information content (AvgIpc) is 2.87. The maximum absolute atomic E-state index is 12.0. The quantitative estimate of drug-likeness (QED) is 0.159. The standard InChI is InChI=1S/C29H39NO4/c1-2-3-4-5-6-7-8-9-10-11-12-13-14-15-16-17-18-21-28(31)34-27-24-32-29(33-25-27)26-20-19-22-30-23-26/h3-4,6-7,9-10,12-13,15-16,19-20,22-23,27,29H,2,5,8,11,14,17-18,21,24-25H2,1H3/b4-3-,7-6-,10-9-,13-12-,16-15-. The normalized spacial score (nSPS) is 19.3. The molecule has 0 spiro atoms. The van der Waals surface area contributed by atoms with Crippen LogP contribution >= 0.6 is 0 Å². The van der Waals surface area contributed by atoms with Gasteiger partial charge in [-0.25, -0.2) is 0 Å². The van der Waals surface area contributed by atoms with E-state index in [1.165, 1.54) is 0 Å². The summed E-state index contributed by atoms with van der Waals surface area (Å²) in [5.74, 6) is -0.204. The number of hydrogen-bond acceptors (Lipinski definition) is 5. The second-order valence-electron chi connectivity index (χ2n) is 8.00. The molecule has 1 aromatic rings. The Kier molecular flexibility index (Phi) is 15.1. The fourth-order valence-corrected chi connectivity index (χ4v) is 3.24. The van der Waals surface area contributed by atoms with Crippen LogP contribution in [-0.4, -0.2) is 30.3 Å². The second-order valence-corrected chi connectivity index (χ2v) is 8.00. The number of carbonyl (C=O) groups excluding carboxylic acids is 1. The molecule has 1 aromatic heterocycles. The van der Waals surface area contributed by atoms with Crippen LogP contribution in [0.1, 0.15) is 70.1 Å². The molecule has 0 saturated carbocycles. The molecule has 184 valence electrons. The van der Waals surface area contributed by atoms with Gasteiger partial charge in [0.1, 0.15) is 6.10 Å². The molecule has 2 rings (SSSR count). The van der Waals surface area contributed by atoms with Crippen LogP contribution in [-0.2, 0) is 19.0 Å². The van der Waals surface area contributed by atoms with Crippen LogP contribution in [0.2, 0.25) is 0 Å². The Hall–Kier alpha value is -2.76. The third-order valence-electron chi connectivity index (χ3n) is 5.03. The van der Waals surface area contributed by atoms with E-state index in [0.29, 0.717) is 19.6 Å². The summed E-state index contributed by atoms with van der Waals surface area (Å²) in [5.41, 5.74) is 0.865. The minimum Gasteiger partial charge on any atom is -0.457 e. The first-order chi connectivity index (χ1) is 16.8. The van der Waals surface area contributed by atoms with Crippen LogP contribution in [0, 0.1) is 0 Å².